The fraction of sp³-hybridized carbons (Fsp3) is 0.538. The minimum atomic E-state index is -0.545. The first-order chi connectivity index (χ1) is 8.47. The second kappa shape index (κ2) is 4.55. The molecule has 1 aliphatic carbocycles. The number of nitro groups is 1. The van der Waals surface area contributed by atoms with Crippen molar-refractivity contribution in [3.05, 3.63) is 33.6 Å². The van der Waals surface area contributed by atoms with Crippen LogP contribution in [0, 0.1) is 28.3 Å². The van der Waals surface area contributed by atoms with E-state index in [2.05, 4.69) is 12.2 Å². The van der Waals surface area contributed by atoms with E-state index in [0.717, 1.165) is 31.9 Å². The smallest absolute Gasteiger partial charge is 0.295 e. The Morgan fingerprint density at radius 1 is 1.50 bits per heavy atom. The Bertz CT molecular complexity index is 484. The summed E-state index contributed by atoms with van der Waals surface area (Å²) in [5, 5.41) is 14.0. The molecule has 98 valence electrons. The third kappa shape index (κ3) is 2.44. The third-order valence-corrected chi connectivity index (χ3v) is 3.83. The van der Waals surface area contributed by atoms with E-state index < -0.39 is 10.7 Å². The molecule has 1 N–H and O–H groups in total. The van der Waals surface area contributed by atoms with Crippen LogP contribution in [0.3, 0.4) is 0 Å². The first-order valence-corrected chi connectivity index (χ1v) is 6.16. The summed E-state index contributed by atoms with van der Waals surface area (Å²) in [5.41, 5.74) is 0.934. The van der Waals surface area contributed by atoms with Crippen LogP contribution in [-0.4, -0.2) is 11.5 Å². The van der Waals surface area contributed by atoms with Gasteiger partial charge in [-0.25, -0.2) is 4.39 Å². The predicted octanol–water partition coefficient (Wildman–Crippen LogP) is 3.64. The number of nitrogens with zero attached hydrogens (tertiary/aromatic N) is 1. The molecule has 18 heavy (non-hydrogen) atoms. The van der Waals surface area contributed by atoms with Gasteiger partial charge in [0.2, 0.25) is 0 Å². The molecule has 0 saturated heterocycles. The molecule has 0 atom stereocenters. The fourth-order valence-corrected chi connectivity index (χ4v) is 2.08. The predicted molar refractivity (Wildman–Crippen MR) is 68.2 cm³/mol. The number of hydrogen-bond acceptors (Lipinski definition) is 3. The largest absolute Gasteiger partial charge is 0.379 e. The van der Waals surface area contributed by atoms with Gasteiger partial charge < -0.3 is 5.32 Å². The number of hydrogen-bond donors (Lipinski definition) is 1. The van der Waals surface area contributed by atoms with Crippen LogP contribution in [0.1, 0.15) is 31.7 Å². The van der Waals surface area contributed by atoms with Crippen molar-refractivity contribution in [3.8, 4) is 0 Å². The average molecular weight is 252 g/mol. The molecular formula is C13H17FN2O2. The Morgan fingerprint density at radius 3 is 2.67 bits per heavy atom. The van der Waals surface area contributed by atoms with Gasteiger partial charge in [0.1, 0.15) is 11.5 Å². The summed E-state index contributed by atoms with van der Waals surface area (Å²) in [6.45, 7) is 4.45. The van der Waals surface area contributed by atoms with E-state index in [1.54, 1.807) is 6.92 Å². The maximum absolute atomic E-state index is 13.3. The molecule has 0 bridgehead atoms. The van der Waals surface area contributed by atoms with Gasteiger partial charge in [0.25, 0.3) is 5.69 Å². The van der Waals surface area contributed by atoms with Crippen LogP contribution in [0.2, 0.25) is 0 Å². The van der Waals surface area contributed by atoms with Gasteiger partial charge in [0, 0.05) is 6.54 Å². The van der Waals surface area contributed by atoms with Crippen LogP contribution in [0.5, 0.6) is 0 Å². The fourth-order valence-electron chi connectivity index (χ4n) is 2.08. The first-order valence-electron chi connectivity index (χ1n) is 6.16. The number of nitrogens with one attached hydrogen (secondary N) is 1. The zero-order valence-electron chi connectivity index (χ0n) is 10.6. The summed E-state index contributed by atoms with van der Waals surface area (Å²) >= 11 is 0. The van der Waals surface area contributed by atoms with E-state index in [-0.39, 0.29) is 11.1 Å². The summed E-state index contributed by atoms with van der Waals surface area (Å²) in [6.07, 6.45) is 3.38. The van der Waals surface area contributed by atoms with Gasteiger partial charge in [-0.1, -0.05) is 6.92 Å². The molecule has 0 unspecified atom stereocenters. The number of anilines is 1. The van der Waals surface area contributed by atoms with Gasteiger partial charge >= 0.3 is 0 Å². The van der Waals surface area contributed by atoms with Crippen LogP contribution in [0.4, 0.5) is 15.8 Å². The summed E-state index contributed by atoms with van der Waals surface area (Å²) in [5.74, 6) is -0.538. The molecule has 0 radical (unpaired) electrons. The van der Waals surface area contributed by atoms with Crippen LogP contribution < -0.4 is 5.32 Å². The molecule has 0 amide bonds. The van der Waals surface area contributed by atoms with Crippen molar-refractivity contribution in [2.75, 3.05) is 11.9 Å². The van der Waals surface area contributed by atoms with Gasteiger partial charge in [-0.3, -0.25) is 10.1 Å². The highest BCUT2D eigenvalue weighted by atomic mass is 19.1. The lowest BCUT2D eigenvalue weighted by Crippen LogP contribution is -2.15. The van der Waals surface area contributed by atoms with Crippen molar-refractivity contribution in [2.45, 2.75) is 33.1 Å². The van der Waals surface area contributed by atoms with Crippen molar-refractivity contribution in [2.24, 2.45) is 5.41 Å². The van der Waals surface area contributed by atoms with Gasteiger partial charge in [0.05, 0.1) is 11.0 Å². The second-order valence-electron chi connectivity index (χ2n) is 5.08. The highest BCUT2D eigenvalue weighted by Crippen LogP contribution is 2.48. The molecule has 0 heterocycles. The molecule has 1 aromatic rings. The Hall–Kier alpha value is -1.65. The van der Waals surface area contributed by atoms with E-state index in [1.165, 1.54) is 6.07 Å². The lowest BCUT2D eigenvalue weighted by atomic mass is 10.0. The highest BCUT2D eigenvalue weighted by Gasteiger charge is 2.40. The zero-order chi connectivity index (χ0) is 13.3. The number of benzene rings is 1. The van der Waals surface area contributed by atoms with Crippen molar-refractivity contribution >= 4 is 11.4 Å². The molecule has 1 fully saturated rings. The molecule has 1 aliphatic rings. The Morgan fingerprint density at radius 2 is 2.17 bits per heavy atom. The second-order valence-corrected chi connectivity index (χ2v) is 5.08. The van der Waals surface area contributed by atoms with E-state index in [0.29, 0.717) is 11.3 Å². The van der Waals surface area contributed by atoms with E-state index in [4.69, 9.17) is 0 Å². The molecule has 0 aliphatic heterocycles. The van der Waals surface area contributed by atoms with Crippen molar-refractivity contribution in [3.63, 3.8) is 0 Å². The minimum Gasteiger partial charge on any atom is -0.379 e. The number of rotatable bonds is 5. The number of nitro benzene ring substituents is 1. The molecule has 0 aromatic heterocycles. The van der Waals surface area contributed by atoms with E-state index in [1.807, 2.05) is 0 Å². The molecule has 4 nitrogen and oxygen atoms in total. The standard InChI is InChI=1S/C13H17FN2O2/c1-3-13(4-5-13)8-15-11-6-9(2)10(14)7-12(11)16(17)18/h6-7,15H,3-5,8H2,1-2H3. The summed E-state index contributed by atoms with van der Waals surface area (Å²) in [4.78, 5) is 10.3. The maximum Gasteiger partial charge on any atom is 0.295 e. The van der Waals surface area contributed by atoms with Crippen LogP contribution in [0.15, 0.2) is 12.1 Å². The van der Waals surface area contributed by atoms with Crippen molar-refractivity contribution < 1.29 is 9.31 Å². The Balaban J connectivity index is 2.20. The van der Waals surface area contributed by atoms with E-state index in [9.17, 15) is 14.5 Å². The van der Waals surface area contributed by atoms with Crippen LogP contribution >= 0.6 is 0 Å². The zero-order valence-corrected chi connectivity index (χ0v) is 10.6. The van der Waals surface area contributed by atoms with Gasteiger partial charge in [-0.05, 0) is 43.2 Å². The van der Waals surface area contributed by atoms with Gasteiger partial charge in [-0.15, -0.1) is 0 Å². The molecule has 0 spiro atoms. The average Bonchev–Trinajstić information content (AvgIpc) is 3.10. The first kappa shape index (κ1) is 12.8. The van der Waals surface area contributed by atoms with Crippen LogP contribution in [-0.2, 0) is 0 Å². The third-order valence-electron chi connectivity index (χ3n) is 3.83. The van der Waals surface area contributed by atoms with Crippen molar-refractivity contribution in [1.82, 2.24) is 0 Å². The number of aryl methyl sites for hydroxylation is 1. The topological polar surface area (TPSA) is 55.2 Å². The molecule has 1 saturated carbocycles. The molecule has 2 rings (SSSR count). The van der Waals surface area contributed by atoms with Gasteiger partial charge in [0.15, 0.2) is 0 Å². The molecule has 5 heteroatoms. The lowest BCUT2D eigenvalue weighted by molar-refractivity contribution is -0.384. The maximum atomic E-state index is 13.3. The molecule has 1 aromatic carbocycles. The van der Waals surface area contributed by atoms with Crippen molar-refractivity contribution in [1.29, 1.82) is 0 Å². The van der Waals surface area contributed by atoms with Crippen LogP contribution in [0.25, 0.3) is 0 Å². The number of halogens is 1. The Kier molecular flexibility index (Phi) is 3.24. The Labute approximate surface area is 105 Å². The minimum absolute atomic E-state index is 0.190. The normalized spacial score (nSPS) is 16.4. The SMILES string of the molecule is CCC1(CNc2cc(C)c(F)cc2[N+](=O)[O-])CC1. The highest BCUT2D eigenvalue weighted by molar-refractivity contribution is 5.63. The van der Waals surface area contributed by atoms with E-state index >= 15 is 0 Å². The molecular weight excluding hydrogens is 235 g/mol. The summed E-state index contributed by atoms with van der Waals surface area (Å²) in [7, 11) is 0. The lowest BCUT2D eigenvalue weighted by Gasteiger charge is -2.15. The quantitative estimate of drug-likeness (QED) is 0.643. The summed E-state index contributed by atoms with van der Waals surface area (Å²) in [6, 6.07) is 2.50. The van der Waals surface area contributed by atoms with Gasteiger partial charge in [-0.2, -0.15) is 0 Å². The summed E-state index contributed by atoms with van der Waals surface area (Å²) < 4.78 is 13.3. The monoisotopic (exact) mass is 252 g/mol.